The Hall–Kier alpha value is -2.86. The number of esters is 1. The highest BCUT2D eigenvalue weighted by atomic mass is 35.5. The van der Waals surface area contributed by atoms with Crippen LogP contribution in [-0.4, -0.2) is 30.9 Å². The van der Waals surface area contributed by atoms with E-state index >= 15 is 0 Å². The van der Waals surface area contributed by atoms with Crippen LogP contribution in [0.15, 0.2) is 42.5 Å². The van der Waals surface area contributed by atoms with E-state index in [1.165, 1.54) is 0 Å². The van der Waals surface area contributed by atoms with E-state index in [0.29, 0.717) is 28.4 Å². The van der Waals surface area contributed by atoms with E-state index in [2.05, 4.69) is 5.32 Å². The molecule has 0 radical (unpaired) electrons. The summed E-state index contributed by atoms with van der Waals surface area (Å²) in [6, 6.07) is 11.6. The molecule has 0 bridgehead atoms. The van der Waals surface area contributed by atoms with Crippen LogP contribution in [0, 0.1) is 12.8 Å². The number of ketones is 1. The van der Waals surface area contributed by atoms with Gasteiger partial charge in [0.1, 0.15) is 5.75 Å². The highest BCUT2D eigenvalue weighted by Crippen LogP contribution is 2.25. The first-order valence-corrected chi connectivity index (χ1v) is 9.60. The molecule has 0 atom stereocenters. The third-order valence-electron chi connectivity index (χ3n) is 3.88. The smallest absolute Gasteiger partial charge is 0.344 e. The summed E-state index contributed by atoms with van der Waals surface area (Å²) in [5.74, 6) is -0.469. The van der Waals surface area contributed by atoms with Crippen LogP contribution in [0.1, 0.15) is 36.2 Å². The number of carbonyl (C=O) groups excluding carboxylic acids is 3. The molecule has 29 heavy (non-hydrogen) atoms. The molecule has 0 spiro atoms. The molecule has 0 aliphatic rings. The van der Waals surface area contributed by atoms with Crippen molar-refractivity contribution in [3.05, 3.63) is 58.6 Å². The van der Waals surface area contributed by atoms with Crippen molar-refractivity contribution in [2.45, 2.75) is 27.2 Å². The third-order valence-corrected chi connectivity index (χ3v) is 4.19. The second kappa shape index (κ2) is 10.6. The molecule has 0 unspecified atom stereocenters. The first-order valence-electron chi connectivity index (χ1n) is 9.22. The van der Waals surface area contributed by atoms with E-state index in [4.69, 9.17) is 21.1 Å². The number of anilines is 1. The number of benzene rings is 2. The topological polar surface area (TPSA) is 81.7 Å². The fourth-order valence-corrected chi connectivity index (χ4v) is 2.62. The number of amides is 1. The lowest BCUT2D eigenvalue weighted by Gasteiger charge is -2.09. The summed E-state index contributed by atoms with van der Waals surface area (Å²) in [6.07, 6.45) is 0.423. The first kappa shape index (κ1) is 22.4. The number of halogens is 1. The van der Waals surface area contributed by atoms with Gasteiger partial charge in [0.15, 0.2) is 19.0 Å². The Kier molecular flexibility index (Phi) is 8.21. The number of carbonyl (C=O) groups is 3. The van der Waals surface area contributed by atoms with Gasteiger partial charge in [-0.1, -0.05) is 31.5 Å². The summed E-state index contributed by atoms with van der Waals surface area (Å²) in [4.78, 5) is 35.8. The Labute approximate surface area is 175 Å². The molecular formula is C22H24ClNO5. The highest BCUT2D eigenvalue weighted by Gasteiger charge is 2.12. The summed E-state index contributed by atoms with van der Waals surface area (Å²) in [5.41, 5.74) is 1.92. The minimum absolute atomic E-state index is 0.0817. The van der Waals surface area contributed by atoms with Crippen molar-refractivity contribution >= 4 is 34.9 Å². The van der Waals surface area contributed by atoms with Crippen LogP contribution in [0.5, 0.6) is 5.75 Å². The standard InChI is InChI=1S/C22H24ClNO5/c1-14(2)10-21(26)24-17-7-5-16(6-8-17)19(25)12-29-22(27)13-28-20-11-15(3)4-9-18(20)23/h4-9,11,14H,10,12-13H2,1-3H3,(H,24,26). The lowest BCUT2D eigenvalue weighted by molar-refractivity contribution is -0.144. The molecular weight excluding hydrogens is 394 g/mol. The van der Waals surface area contributed by atoms with Gasteiger partial charge < -0.3 is 14.8 Å². The zero-order chi connectivity index (χ0) is 21.4. The van der Waals surface area contributed by atoms with Crippen molar-refractivity contribution in [1.29, 1.82) is 0 Å². The van der Waals surface area contributed by atoms with Gasteiger partial charge in [0.05, 0.1) is 5.02 Å². The zero-order valence-electron chi connectivity index (χ0n) is 16.7. The lowest BCUT2D eigenvalue weighted by Crippen LogP contribution is -2.19. The Morgan fingerprint density at radius 2 is 1.72 bits per heavy atom. The van der Waals surface area contributed by atoms with Crippen LogP contribution < -0.4 is 10.1 Å². The van der Waals surface area contributed by atoms with Gasteiger partial charge in [-0.2, -0.15) is 0 Å². The van der Waals surface area contributed by atoms with Crippen molar-refractivity contribution in [2.24, 2.45) is 5.92 Å². The molecule has 0 heterocycles. The third kappa shape index (κ3) is 7.58. The van der Waals surface area contributed by atoms with E-state index in [9.17, 15) is 14.4 Å². The van der Waals surface area contributed by atoms with Crippen LogP contribution in [0.2, 0.25) is 5.02 Å². The molecule has 0 aromatic heterocycles. The first-order chi connectivity index (χ1) is 13.7. The minimum Gasteiger partial charge on any atom is -0.480 e. The predicted octanol–water partition coefficient (Wildman–Crippen LogP) is 4.44. The maximum Gasteiger partial charge on any atom is 0.344 e. The molecule has 0 saturated carbocycles. The largest absolute Gasteiger partial charge is 0.480 e. The van der Waals surface area contributed by atoms with Crippen LogP contribution in [0.4, 0.5) is 5.69 Å². The summed E-state index contributed by atoms with van der Waals surface area (Å²) in [6.45, 7) is 5.05. The molecule has 6 nitrogen and oxygen atoms in total. The average molecular weight is 418 g/mol. The van der Waals surface area contributed by atoms with Crippen LogP contribution >= 0.6 is 11.6 Å². The normalized spacial score (nSPS) is 10.5. The summed E-state index contributed by atoms with van der Waals surface area (Å²) < 4.78 is 10.3. The molecule has 0 aliphatic carbocycles. The molecule has 0 saturated heterocycles. The van der Waals surface area contributed by atoms with E-state index < -0.39 is 12.6 Å². The van der Waals surface area contributed by atoms with E-state index in [-0.39, 0.29) is 24.2 Å². The number of nitrogens with one attached hydrogen (secondary N) is 1. The summed E-state index contributed by atoms with van der Waals surface area (Å²) in [5, 5.41) is 3.16. The van der Waals surface area contributed by atoms with Gasteiger partial charge in [-0.15, -0.1) is 0 Å². The maximum absolute atomic E-state index is 12.2. The van der Waals surface area contributed by atoms with E-state index in [1.54, 1.807) is 36.4 Å². The van der Waals surface area contributed by atoms with E-state index in [0.717, 1.165) is 5.56 Å². The fraction of sp³-hybridized carbons (Fsp3) is 0.318. The Morgan fingerprint density at radius 1 is 1.03 bits per heavy atom. The fourth-order valence-electron chi connectivity index (χ4n) is 2.45. The lowest BCUT2D eigenvalue weighted by atomic mass is 10.1. The molecule has 0 fully saturated rings. The van der Waals surface area contributed by atoms with Gasteiger partial charge in [-0.25, -0.2) is 4.79 Å². The van der Waals surface area contributed by atoms with Crippen molar-refractivity contribution in [3.63, 3.8) is 0 Å². The van der Waals surface area contributed by atoms with Crippen molar-refractivity contribution < 1.29 is 23.9 Å². The number of aryl methyl sites for hydroxylation is 1. The van der Waals surface area contributed by atoms with Gasteiger partial charge >= 0.3 is 5.97 Å². The SMILES string of the molecule is Cc1ccc(Cl)c(OCC(=O)OCC(=O)c2ccc(NC(=O)CC(C)C)cc2)c1. The van der Waals surface area contributed by atoms with Crippen molar-refractivity contribution in [1.82, 2.24) is 0 Å². The molecule has 7 heteroatoms. The van der Waals surface area contributed by atoms with Gasteiger partial charge in [-0.3, -0.25) is 9.59 Å². The number of hydrogen-bond donors (Lipinski definition) is 1. The Morgan fingerprint density at radius 3 is 2.38 bits per heavy atom. The molecule has 2 aromatic rings. The maximum atomic E-state index is 12.2. The zero-order valence-corrected chi connectivity index (χ0v) is 17.4. The van der Waals surface area contributed by atoms with Gasteiger partial charge in [0, 0.05) is 17.7 Å². The van der Waals surface area contributed by atoms with Crippen LogP contribution in [0.25, 0.3) is 0 Å². The Balaban J connectivity index is 1.80. The van der Waals surface area contributed by atoms with Crippen molar-refractivity contribution in [3.8, 4) is 5.75 Å². The van der Waals surface area contributed by atoms with Crippen LogP contribution in [0.3, 0.4) is 0 Å². The number of Topliss-reactive ketones (excluding diaryl/α,β-unsaturated/α-hetero) is 1. The summed E-state index contributed by atoms with van der Waals surface area (Å²) in [7, 11) is 0. The van der Waals surface area contributed by atoms with Gasteiger partial charge in [-0.05, 0) is 54.8 Å². The molecule has 154 valence electrons. The molecule has 1 N–H and O–H groups in total. The highest BCUT2D eigenvalue weighted by molar-refractivity contribution is 6.32. The van der Waals surface area contributed by atoms with Crippen LogP contribution in [-0.2, 0) is 14.3 Å². The molecule has 2 rings (SSSR count). The van der Waals surface area contributed by atoms with Gasteiger partial charge in [0.2, 0.25) is 5.91 Å². The van der Waals surface area contributed by atoms with Crippen molar-refractivity contribution in [2.75, 3.05) is 18.5 Å². The molecule has 0 aliphatic heterocycles. The number of ether oxygens (including phenoxy) is 2. The number of hydrogen-bond acceptors (Lipinski definition) is 5. The summed E-state index contributed by atoms with van der Waals surface area (Å²) >= 11 is 6.00. The second-order valence-corrected chi connectivity index (χ2v) is 7.44. The quantitative estimate of drug-likeness (QED) is 0.482. The monoisotopic (exact) mass is 417 g/mol. The number of rotatable bonds is 9. The van der Waals surface area contributed by atoms with E-state index in [1.807, 2.05) is 26.8 Å². The minimum atomic E-state index is -0.673. The van der Waals surface area contributed by atoms with Gasteiger partial charge in [0.25, 0.3) is 0 Å². The molecule has 1 amide bonds. The second-order valence-electron chi connectivity index (χ2n) is 7.03. The average Bonchev–Trinajstić information content (AvgIpc) is 2.66. The Bertz CT molecular complexity index is 877. The molecule has 2 aromatic carbocycles. The predicted molar refractivity (Wildman–Crippen MR) is 112 cm³/mol.